The number of aliphatic hydroxyl groups is 1. The van der Waals surface area contributed by atoms with Crippen LogP contribution in [0.3, 0.4) is 0 Å². The van der Waals surface area contributed by atoms with Gasteiger partial charge in [0, 0.05) is 0 Å². The summed E-state index contributed by atoms with van der Waals surface area (Å²) in [6.07, 6.45) is 4.99. The van der Waals surface area contributed by atoms with E-state index in [4.69, 9.17) is 10.8 Å². The minimum absolute atomic E-state index is 0.0933. The van der Waals surface area contributed by atoms with Crippen molar-refractivity contribution < 1.29 is 5.11 Å². The number of rotatable bonds is 1. The third kappa shape index (κ3) is 1.99. The summed E-state index contributed by atoms with van der Waals surface area (Å²) in [5.74, 6) is 0. The summed E-state index contributed by atoms with van der Waals surface area (Å²) >= 11 is 0. The van der Waals surface area contributed by atoms with E-state index in [0.717, 1.165) is 25.7 Å². The van der Waals surface area contributed by atoms with Crippen molar-refractivity contribution in [1.29, 1.82) is 0 Å². The Morgan fingerprint density at radius 1 is 1.30 bits per heavy atom. The highest BCUT2D eigenvalue weighted by molar-refractivity contribution is 5.51. The molecule has 10 heavy (non-hydrogen) atoms. The van der Waals surface area contributed by atoms with E-state index in [1.807, 2.05) is 0 Å². The first kappa shape index (κ1) is 7.54. The largest absolute Gasteiger partial charge is 0.393 e. The average molecular weight is 142 g/mol. The fourth-order valence-electron chi connectivity index (χ4n) is 1.33. The molecule has 0 unspecified atom stereocenters. The van der Waals surface area contributed by atoms with Crippen LogP contribution in [-0.2, 0) is 0 Å². The third-order valence-corrected chi connectivity index (χ3v) is 1.96. The zero-order valence-electron chi connectivity index (χ0n) is 6.03. The van der Waals surface area contributed by atoms with Crippen LogP contribution >= 0.6 is 0 Å². The second kappa shape index (κ2) is 3.56. The highest BCUT2D eigenvalue weighted by Gasteiger charge is 2.17. The van der Waals surface area contributed by atoms with Crippen molar-refractivity contribution in [2.45, 2.75) is 37.8 Å². The van der Waals surface area contributed by atoms with Gasteiger partial charge in [-0.15, -0.1) is 0 Å². The Labute approximate surface area is 61.0 Å². The van der Waals surface area contributed by atoms with Gasteiger partial charge in [-0.05, 0) is 25.7 Å². The number of hydrogen-bond acceptors (Lipinski definition) is 2. The maximum atomic E-state index is 9.11. The Kier molecular flexibility index (Phi) is 2.68. The number of nitrogens with zero attached hydrogens (tertiary/aromatic N) is 1. The van der Waals surface area contributed by atoms with Gasteiger partial charge in [-0.2, -0.15) is 0 Å². The van der Waals surface area contributed by atoms with E-state index in [9.17, 15) is 0 Å². The number of aliphatic imine (C=N–C) groups is 1. The van der Waals surface area contributed by atoms with Gasteiger partial charge in [0.05, 0.1) is 18.5 Å². The van der Waals surface area contributed by atoms with Crippen LogP contribution in [0.4, 0.5) is 0 Å². The molecule has 0 heterocycles. The molecule has 1 rings (SSSR count). The summed E-state index contributed by atoms with van der Waals surface area (Å²) < 4.78 is 0. The molecule has 1 saturated carbocycles. The molecule has 0 atom stereocenters. The first-order valence-corrected chi connectivity index (χ1v) is 3.74. The van der Waals surface area contributed by atoms with Gasteiger partial charge in [-0.3, -0.25) is 4.99 Å². The summed E-state index contributed by atoms with van der Waals surface area (Å²) in [5, 5.41) is 9.11. The lowest BCUT2D eigenvalue weighted by molar-refractivity contribution is 0.123. The molecule has 0 aliphatic heterocycles. The predicted molar refractivity (Wildman–Crippen MR) is 40.9 cm³/mol. The molecule has 1 fully saturated rings. The number of aliphatic hydroxyl groups excluding tert-OH is 1. The Morgan fingerprint density at radius 3 is 2.40 bits per heavy atom. The van der Waals surface area contributed by atoms with E-state index in [0.29, 0.717) is 6.04 Å². The molecular weight excluding hydrogens is 128 g/mol. The second-order valence-corrected chi connectivity index (χ2v) is 2.76. The van der Waals surface area contributed by atoms with Gasteiger partial charge in [0.15, 0.2) is 0 Å². The van der Waals surface area contributed by atoms with E-state index >= 15 is 0 Å². The van der Waals surface area contributed by atoms with Gasteiger partial charge in [-0.25, -0.2) is 0 Å². The fraction of sp³-hybridized carbons (Fsp3) is 0.857. The van der Waals surface area contributed by atoms with Crippen molar-refractivity contribution in [2.75, 3.05) is 0 Å². The van der Waals surface area contributed by atoms with Crippen molar-refractivity contribution in [1.82, 2.24) is 0 Å². The van der Waals surface area contributed by atoms with Gasteiger partial charge in [0.1, 0.15) is 0 Å². The van der Waals surface area contributed by atoms with Crippen LogP contribution in [0.5, 0.6) is 0 Å². The molecule has 1 aliphatic carbocycles. The van der Waals surface area contributed by atoms with Crippen molar-refractivity contribution in [2.24, 2.45) is 10.7 Å². The summed E-state index contributed by atoms with van der Waals surface area (Å²) in [5.41, 5.74) is 5.14. The quantitative estimate of drug-likeness (QED) is 0.408. The van der Waals surface area contributed by atoms with Gasteiger partial charge >= 0.3 is 0 Å². The lowest BCUT2D eigenvalue weighted by atomic mass is 9.94. The topological polar surface area (TPSA) is 58.6 Å². The summed E-state index contributed by atoms with van der Waals surface area (Å²) in [6, 6.07) is 0.369. The zero-order valence-corrected chi connectivity index (χ0v) is 6.03. The highest BCUT2D eigenvalue weighted by atomic mass is 16.3. The molecule has 3 N–H and O–H groups in total. The fourth-order valence-corrected chi connectivity index (χ4v) is 1.33. The van der Waals surface area contributed by atoms with E-state index in [2.05, 4.69) is 4.99 Å². The van der Waals surface area contributed by atoms with Gasteiger partial charge in [-0.1, -0.05) is 0 Å². The number of nitrogens with two attached hydrogens (primary N) is 1. The monoisotopic (exact) mass is 142 g/mol. The maximum absolute atomic E-state index is 9.11. The molecule has 1 aliphatic rings. The minimum atomic E-state index is -0.0933. The molecular formula is C7H14N2O. The SMILES string of the molecule is NC=NC1CCC(O)CC1. The molecule has 0 spiro atoms. The highest BCUT2D eigenvalue weighted by Crippen LogP contribution is 2.20. The summed E-state index contributed by atoms with van der Waals surface area (Å²) in [4.78, 5) is 4.06. The molecule has 0 saturated heterocycles. The Morgan fingerprint density at radius 2 is 1.90 bits per heavy atom. The van der Waals surface area contributed by atoms with Crippen molar-refractivity contribution in [3.8, 4) is 0 Å². The zero-order chi connectivity index (χ0) is 7.40. The average Bonchev–Trinajstić information content (AvgIpc) is 1.95. The Balaban J connectivity index is 2.26. The lowest BCUT2D eigenvalue weighted by Gasteiger charge is -2.21. The van der Waals surface area contributed by atoms with Crippen LogP contribution < -0.4 is 5.73 Å². The van der Waals surface area contributed by atoms with Crippen molar-refractivity contribution >= 4 is 6.34 Å². The van der Waals surface area contributed by atoms with Gasteiger partial charge < -0.3 is 10.8 Å². The van der Waals surface area contributed by atoms with Crippen LogP contribution in [0.1, 0.15) is 25.7 Å². The van der Waals surface area contributed by atoms with Crippen LogP contribution in [-0.4, -0.2) is 23.6 Å². The molecule has 0 aromatic carbocycles. The van der Waals surface area contributed by atoms with Crippen LogP contribution in [0.15, 0.2) is 4.99 Å². The van der Waals surface area contributed by atoms with Crippen molar-refractivity contribution in [3.05, 3.63) is 0 Å². The van der Waals surface area contributed by atoms with Crippen LogP contribution in [0.25, 0.3) is 0 Å². The molecule has 58 valence electrons. The molecule has 0 aromatic rings. The third-order valence-electron chi connectivity index (χ3n) is 1.96. The first-order chi connectivity index (χ1) is 4.83. The van der Waals surface area contributed by atoms with E-state index in [1.54, 1.807) is 0 Å². The molecule has 0 bridgehead atoms. The lowest BCUT2D eigenvalue weighted by Crippen LogP contribution is -2.21. The van der Waals surface area contributed by atoms with E-state index < -0.39 is 0 Å². The van der Waals surface area contributed by atoms with Crippen molar-refractivity contribution in [3.63, 3.8) is 0 Å². The number of hydrogen-bond donors (Lipinski definition) is 2. The van der Waals surface area contributed by atoms with Gasteiger partial charge in [0.2, 0.25) is 0 Å². The molecule has 0 amide bonds. The standard InChI is InChI=1S/C7H14N2O/c8-5-9-6-1-3-7(10)4-2-6/h5-7,10H,1-4H2,(H2,8,9). The molecule has 0 aromatic heterocycles. The smallest absolute Gasteiger partial charge is 0.0801 e. The Bertz CT molecular complexity index is 117. The van der Waals surface area contributed by atoms with Crippen LogP contribution in [0.2, 0.25) is 0 Å². The second-order valence-electron chi connectivity index (χ2n) is 2.76. The summed E-state index contributed by atoms with van der Waals surface area (Å²) in [7, 11) is 0. The summed E-state index contributed by atoms with van der Waals surface area (Å²) in [6.45, 7) is 0. The minimum Gasteiger partial charge on any atom is -0.393 e. The predicted octanol–water partition coefficient (Wildman–Crippen LogP) is 0.277. The molecule has 3 nitrogen and oxygen atoms in total. The van der Waals surface area contributed by atoms with E-state index in [-0.39, 0.29) is 6.10 Å². The maximum Gasteiger partial charge on any atom is 0.0801 e. The first-order valence-electron chi connectivity index (χ1n) is 3.74. The van der Waals surface area contributed by atoms with Crippen LogP contribution in [0, 0.1) is 0 Å². The molecule has 3 heteroatoms. The molecule has 0 radical (unpaired) electrons. The normalized spacial score (nSPS) is 34.9. The Hall–Kier alpha value is -0.570. The van der Waals surface area contributed by atoms with Gasteiger partial charge in [0.25, 0.3) is 0 Å². The van der Waals surface area contributed by atoms with E-state index in [1.165, 1.54) is 6.34 Å².